The van der Waals surface area contributed by atoms with Crippen LogP contribution in [0.25, 0.3) is 0 Å². The SMILES string of the molecule is Cc1cc(F)ccc1C(N)CCC1CCCC1. The molecule has 0 aliphatic heterocycles. The van der Waals surface area contributed by atoms with E-state index in [0.29, 0.717) is 0 Å². The smallest absolute Gasteiger partial charge is 0.123 e. The van der Waals surface area contributed by atoms with E-state index in [4.69, 9.17) is 5.73 Å². The summed E-state index contributed by atoms with van der Waals surface area (Å²) in [5.41, 5.74) is 8.28. The van der Waals surface area contributed by atoms with E-state index >= 15 is 0 Å². The third-order valence-electron chi connectivity index (χ3n) is 3.99. The van der Waals surface area contributed by atoms with Crippen LogP contribution in [0.2, 0.25) is 0 Å². The van der Waals surface area contributed by atoms with E-state index in [1.165, 1.54) is 38.2 Å². The van der Waals surface area contributed by atoms with Crippen molar-refractivity contribution < 1.29 is 4.39 Å². The number of rotatable bonds is 4. The van der Waals surface area contributed by atoms with Crippen molar-refractivity contribution in [3.05, 3.63) is 35.1 Å². The second-order valence-electron chi connectivity index (χ2n) is 5.34. The van der Waals surface area contributed by atoms with E-state index in [2.05, 4.69) is 0 Å². The minimum absolute atomic E-state index is 0.0659. The number of hydrogen-bond donors (Lipinski definition) is 1. The average Bonchev–Trinajstić information content (AvgIpc) is 2.78. The first-order valence-electron chi connectivity index (χ1n) is 6.68. The predicted molar refractivity (Wildman–Crippen MR) is 69.3 cm³/mol. The zero-order valence-corrected chi connectivity index (χ0v) is 10.6. The molecule has 0 spiro atoms. The minimum atomic E-state index is -0.172. The Balaban J connectivity index is 1.91. The molecule has 17 heavy (non-hydrogen) atoms. The van der Waals surface area contributed by atoms with Gasteiger partial charge in [-0.25, -0.2) is 4.39 Å². The van der Waals surface area contributed by atoms with Gasteiger partial charge in [0, 0.05) is 6.04 Å². The van der Waals surface area contributed by atoms with Gasteiger partial charge in [-0.3, -0.25) is 0 Å². The third kappa shape index (κ3) is 3.29. The fourth-order valence-corrected chi connectivity index (χ4v) is 2.92. The summed E-state index contributed by atoms with van der Waals surface area (Å²) < 4.78 is 13.0. The van der Waals surface area contributed by atoms with Gasteiger partial charge in [0.1, 0.15) is 5.82 Å². The van der Waals surface area contributed by atoms with Crippen LogP contribution in [0, 0.1) is 18.7 Å². The summed E-state index contributed by atoms with van der Waals surface area (Å²) in [5.74, 6) is 0.705. The Bertz CT molecular complexity index is 369. The molecule has 0 radical (unpaired) electrons. The van der Waals surface area contributed by atoms with E-state index in [9.17, 15) is 4.39 Å². The zero-order chi connectivity index (χ0) is 12.3. The van der Waals surface area contributed by atoms with Gasteiger partial charge in [-0.2, -0.15) is 0 Å². The summed E-state index contributed by atoms with van der Waals surface area (Å²) >= 11 is 0. The average molecular weight is 235 g/mol. The Morgan fingerprint density at radius 1 is 1.35 bits per heavy atom. The molecule has 94 valence electrons. The second kappa shape index (κ2) is 5.63. The van der Waals surface area contributed by atoms with Gasteiger partial charge >= 0.3 is 0 Å². The second-order valence-corrected chi connectivity index (χ2v) is 5.34. The normalized spacial score (nSPS) is 18.5. The summed E-state index contributed by atoms with van der Waals surface area (Å²) in [6.07, 6.45) is 7.75. The van der Waals surface area contributed by atoms with Crippen molar-refractivity contribution in [2.75, 3.05) is 0 Å². The van der Waals surface area contributed by atoms with Crippen LogP contribution in [0.3, 0.4) is 0 Å². The Morgan fingerprint density at radius 2 is 2.06 bits per heavy atom. The maximum atomic E-state index is 13.0. The summed E-state index contributed by atoms with van der Waals surface area (Å²) in [7, 11) is 0. The number of hydrogen-bond acceptors (Lipinski definition) is 1. The first-order valence-corrected chi connectivity index (χ1v) is 6.68. The van der Waals surface area contributed by atoms with Crippen LogP contribution in [0.1, 0.15) is 55.7 Å². The molecule has 2 rings (SSSR count). The highest BCUT2D eigenvalue weighted by molar-refractivity contribution is 5.29. The van der Waals surface area contributed by atoms with Crippen LogP contribution in [0.5, 0.6) is 0 Å². The molecule has 0 amide bonds. The van der Waals surface area contributed by atoms with Crippen molar-refractivity contribution in [1.82, 2.24) is 0 Å². The molecule has 1 aliphatic carbocycles. The standard InChI is InChI=1S/C15H22FN/c1-11-10-13(16)7-8-14(11)15(17)9-6-12-4-2-3-5-12/h7-8,10,12,15H,2-6,9,17H2,1H3. The Hall–Kier alpha value is -0.890. The monoisotopic (exact) mass is 235 g/mol. The molecular formula is C15H22FN. The van der Waals surface area contributed by atoms with Gasteiger partial charge in [0.25, 0.3) is 0 Å². The Morgan fingerprint density at radius 3 is 2.71 bits per heavy atom. The molecule has 1 aromatic carbocycles. The van der Waals surface area contributed by atoms with E-state index in [1.807, 2.05) is 13.0 Å². The highest BCUT2D eigenvalue weighted by atomic mass is 19.1. The van der Waals surface area contributed by atoms with Gasteiger partial charge in [0.2, 0.25) is 0 Å². The number of halogens is 1. The molecule has 1 saturated carbocycles. The fourth-order valence-electron chi connectivity index (χ4n) is 2.92. The van der Waals surface area contributed by atoms with Crippen molar-refractivity contribution in [3.8, 4) is 0 Å². The molecule has 1 nitrogen and oxygen atoms in total. The van der Waals surface area contributed by atoms with Crippen LogP contribution in [-0.2, 0) is 0 Å². The summed E-state index contributed by atoms with van der Waals surface area (Å²) in [5, 5.41) is 0. The molecule has 0 heterocycles. The molecule has 1 aliphatic rings. The van der Waals surface area contributed by atoms with E-state index < -0.39 is 0 Å². The van der Waals surface area contributed by atoms with Crippen LogP contribution in [0.4, 0.5) is 4.39 Å². The van der Waals surface area contributed by atoms with Crippen molar-refractivity contribution in [2.24, 2.45) is 11.7 Å². The Kier molecular flexibility index (Phi) is 4.16. The molecule has 0 aromatic heterocycles. The lowest BCUT2D eigenvalue weighted by Gasteiger charge is -2.17. The lowest BCUT2D eigenvalue weighted by atomic mass is 9.93. The summed E-state index contributed by atoms with van der Waals surface area (Å²) in [6, 6.07) is 4.99. The van der Waals surface area contributed by atoms with Crippen LogP contribution in [-0.4, -0.2) is 0 Å². The Labute approximate surface area is 103 Å². The van der Waals surface area contributed by atoms with Gasteiger partial charge in [-0.05, 0) is 48.9 Å². The highest BCUT2D eigenvalue weighted by Crippen LogP contribution is 2.31. The van der Waals surface area contributed by atoms with E-state index in [1.54, 1.807) is 6.07 Å². The van der Waals surface area contributed by atoms with Crippen molar-refractivity contribution in [1.29, 1.82) is 0 Å². The molecule has 2 heteroatoms. The van der Waals surface area contributed by atoms with Gasteiger partial charge in [-0.1, -0.05) is 31.7 Å². The van der Waals surface area contributed by atoms with E-state index in [0.717, 1.165) is 23.5 Å². The van der Waals surface area contributed by atoms with Crippen LogP contribution >= 0.6 is 0 Å². The highest BCUT2D eigenvalue weighted by Gasteiger charge is 2.17. The molecule has 0 saturated heterocycles. The van der Waals surface area contributed by atoms with Crippen molar-refractivity contribution in [3.63, 3.8) is 0 Å². The topological polar surface area (TPSA) is 26.0 Å². The maximum absolute atomic E-state index is 13.0. The molecular weight excluding hydrogens is 213 g/mol. The van der Waals surface area contributed by atoms with Crippen molar-refractivity contribution >= 4 is 0 Å². The predicted octanol–water partition coefficient (Wildman–Crippen LogP) is 4.10. The molecule has 2 N–H and O–H groups in total. The van der Waals surface area contributed by atoms with Crippen LogP contribution in [0.15, 0.2) is 18.2 Å². The lowest BCUT2D eigenvalue weighted by molar-refractivity contribution is 0.453. The van der Waals surface area contributed by atoms with Gasteiger partial charge in [-0.15, -0.1) is 0 Å². The molecule has 1 atom stereocenters. The maximum Gasteiger partial charge on any atom is 0.123 e. The largest absolute Gasteiger partial charge is 0.324 e. The number of aryl methyl sites for hydroxylation is 1. The number of benzene rings is 1. The summed E-state index contributed by atoms with van der Waals surface area (Å²) in [4.78, 5) is 0. The third-order valence-corrected chi connectivity index (χ3v) is 3.99. The van der Waals surface area contributed by atoms with Crippen molar-refractivity contribution in [2.45, 2.75) is 51.5 Å². The lowest BCUT2D eigenvalue weighted by Crippen LogP contribution is -2.13. The van der Waals surface area contributed by atoms with Gasteiger partial charge in [0.05, 0.1) is 0 Å². The van der Waals surface area contributed by atoms with Gasteiger partial charge < -0.3 is 5.73 Å². The van der Waals surface area contributed by atoms with Crippen LogP contribution < -0.4 is 5.73 Å². The molecule has 1 aromatic rings. The first-order chi connectivity index (χ1) is 8.16. The minimum Gasteiger partial charge on any atom is -0.324 e. The molecule has 1 unspecified atom stereocenters. The zero-order valence-electron chi connectivity index (χ0n) is 10.6. The quantitative estimate of drug-likeness (QED) is 0.835. The first kappa shape index (κ1) is 12.6. The summed E-state index contributed by atoms with van der Waals surface area (Å²) in [6.45, 7) is 1.94. The fraction of sp³-hybridized carbons (Fsp3) is 0.600. The van der Waals surface area contributed by atoms with E-state index in [-0.39, 0.29) is 11.9 Å². The van der Waals surface area contributed by atoms with Gasteiger partial charge in [0.15, 0.2) is 0 Å². The molecule has 0 bridgehead atoms. The number of nitrogens with two attached hydrogens (primary N) is 1. The molecule has 1 fully saturated rings.